The van der Waals surface area contributed by atoms with Crippen LogP contribution >= 0.6 is 0 Å². The van der Waals surface area contributed by atoms with E-state index in [1.54, 1.807) is 0 Å². The van der Waals surface area contributed by atoms with E-state index in [9.17, 15) is 0 Å². The monoisotopic (exact) mass is 1280 g/mol. The molecule has 9 heteroatoms. The molecule has 4 heterocycles. The molecule has 0 aliphatic heterocycles. The standard InChI is InChI=1S/C51H36N4Si.C39H26N4/c1-6-18-37(19-7-1)49-52-50(38-20-8-2-9-21-38)54-51(53-49)39-30-32-40(33-31-39)55-47-29-17-16-28-45(47)46-36-44(34-35-48(46)55)56(41-22-10-3-11-23-41,42-24-12-4-13-25-42)43-26-14-5-15-27-43;1-4-12-27(13-5-1)31-22-25-36-34(26-31)33-18-10-11-19-35(33)43(36)32-23-20-30(21-24-32)39-41-37(28-14-6-2-7-15-28)40-38(42-39)29-16-8-3-9-17-29/h1-36H;1-26H. The highest BCUT2D eigenvalue weighted by atomic mass is 28.3. The van der Waals surface area contributed by atoms with Gasteiger partial charge < -0.3 is 9.13 Å². The Bertz CT molecular complexity index is 5650. The number of fused-ring (bicyclic) bond motifs is 6. The lowest BCUT2D eigenvalue weighted by molar-refractivity contribution is 1.07. The molecule has 0 bridgehead atoms. The molecule has 14 aromatic carbocycles. The summed E-state index contributed by atoms with van der Waals surface area (Å²) in [5.41, 5.74) is 15.0. The molecule has 0 radical (unpaired) electrons. The van der Waals surface area contributed by atoms with Crippen molar-refractivity contribution in [3.8, 4) is 90.8 Å². The van der Waals surface area contributed by atoms with Gasteiger partial charge in [-0.15, -0.1) is 0 Å². The first-order valence-corrected chi connectivity index (χ1v) is 35.3. The lowest BCUT2D eigenvalue weighted by Gasteiger charge is -2.34. The van der Waals surface area contributed by atoms with Crippen LogP contribution in [0.2, 0.25) is 0 Å². The number of hydrogen-bond donors (Lipinski definition) is 0. The van der Waals surface area contributed by atoms with E-state index in [4.69, 9.17) is 29.9 Å². The zero-order chi connectivity index (χ0) is 65.9. The fourth-order valence-corrected chi connectivity index (χ4v) is 18.8. The summed E-state index contributed by atoms with van der Waals surface area (Å²) in [6, 6.07) is 133. The van der Waals surface area contributed by atoms with Crippen molar-refractivity contribution in [3.63, 3.8) is 0 Å². The molecule has 18 aromatic rings. The average molecular weight is 1280 g/mol. The maximum absolute atomic E-state index is 4.97. The Morgan fingerprint density at radius 3 is 0.768 bits per heavy atom. The van der Waals surface area contributed by atoms with E-state index in [2.05, 4.69) is 264 Å². The molecule has 8 nitrogen and oxygen atoms in total. The topological polar surface area (TPSA) is 87.2 Å². The molecule has 0 saturated carbocycles. The van der Waals surface area contributed by atoms with Gasteiger partial charge in [-0.1, -0.05) is 297 Å². The lowest BCUT2D eigenvalue weighted by atomic mass is 10.0. The highest BCUT2D eigenvalue weighted by molar-refractivity contribution is 7.20. The Balaban J connectivity index is 0.000000154. The van der Waals surface area contributed by atoms with Crippen molar-refractivity contribution in [2.75, 3.05) is 0 Å². The quantitative estimate of drug-likeness (QED) is 0.0844. The van der Waals surface area contributed by atoms with Gasteiger partial charge in [-0.3, -0.25) is 0 Å². The van der Waals surface area contributed by atoms with Crippen molar-refractivity contribution in [3.05, 3.63) is 376 Å². The van der Waals surface area contributed by atoms with Crippen molar-refractivity contribution in [1.29, 1.82) is 0 Å². The smallest absolute Gasteiger partial charge is 0.179 e. The van der Waals surface area contributed by atoms with Crippen LogP contribution in [0.5, 0.6) is 0 Å². The molecule has 0 amide bonds. The van der Waals surface area contributed by atoms with Gasteiger partial charge in [0.15, 0.2) is 43.0 Å². The lowest BCUT2D eigenvalue weighted by Crippen LogP contribution is -2.74. The van der Waals surface area contributed by atoms with Crippen molar-refractivity contribution in [2.45, 2.75) is 0 Å². The Kier molecular flexibility index (Phi) is 15.8. The van der Waals surface area contributed by atoms with E-state index in [-0.39, 0.29) is 0 Å². The number of rotatable bonds is 13. The van der Waals surface area contributed by atoms with Gasteiger partial charge in [0.1, 0.15) is 0 Å². The molecule has 466 valence electrons. The zero-order valence-corrected chi connectivity index (χ0v) is 54.9. The van der Waals surface area contributed by atoms with E-state index >= 15 is 0 Å². The molecule has 0 unspecified atom stereocenters. The maximum atomic E-state index is 4.97. The fourth-order valence-electron chi connectivity index (χ4n) is 14.0. The fraction of sp³-hybridized carbons (Fsp3) is 0. The number of benzene rings is 14. The van der Waals surface area contributed by atoms with E-state index in [0.29, 0.717) is 34.9 Å². The second-order valence-corrected chi connectivity index (χ2v) is 28.4. The van der Waals surface area contributed by atoms with Crippen LogP contribution in [0.15, 0.2) is 376 Å². The first kappa shape index (κ1) is 59.6. The number of aromatic nitrogens is 8. The van der Waals surface area contributed by atoms with Gasteiger partial charge in [-0.25, -0.2) is 29.9 Å². The van der Waals surface area contributed by atoms with Crippen molar-refractivity contribution < 1.29 is 0 Å². The summed E-state index contributed by atoms with van der Waals surface area (Å²) in [6.45, 7) is 0. The predicted octanol–water partition coefficient (Wildman–Crippen LogP) is 19.0. The number of nitrogens with zero attached hydrogens (tertiary/aromatic N) is 8. The molecule has 0 atom stereocenters. The second-order valence-electron chi connectivity index (χ2n) is 24.6. The van der Waals surface area contributed by atoms with Crippen LogP contribution in [-0.4, -0.2) is 47.1 Å². The minimum absolute atomic E-state index is 0.639. The SMILES string of the molecule is c1ccc(-c2ccc3c(c2)c2ccccc2n3-c2ccc(-c3nc(-c4ccccc4)nc(-c4ccccc4)n3)cc2)cc1.c1ccc(-c2nc(-c3ccccc3)nc(-c3ccc(-n4c5ccccc5c5cc([Si](c6ccccc6)(c6ccccc6)c6ccccc6)ccc54)cc3)n2)cc1. The van der Waals surface area contributed by atoms with Crippen LogP contribution in [-0.2, 0) is 0 Å². The largest absolute Gasteiger partial charge is 0.309 e. The van der Waals surface area contributed by atoms with Gasteiger partial charge >= 0.3 is 0 Å². The minimum atomic E-state index is -2.71. The van der Waals surface area contributed by atoms with Gasteiger partial charge in [0.05, 0.1) is 22.1 Å². The van der Waals surface area contributed by atoms with Crippen LogP contribution in [0.1, 0.15) is 0 Å². The van der Waals surface area contributed by atoms with Crippen molar-refractivity contribution in [1.82, 2.24) is 39.0 Å². The third kappa shape index (κ3) is 11.3. The van der Waals surface area contributed by atoms with Crippen LogP contribution < -0.4 is 20.7 Å². The van der Waals surface area contributed by atoms with Crippen LogP contribution in [0.25, 0.3) is 134 Å². The molecule has 4 aromatic heterocycles. The first-order valence-electron chi connectivity index (χ1n) is 33.3. The summed E-state index contributed by atoms with van der Waals surface area (Å²) in [7, 11) is -2.71. The van der Waals surface area contributed by atoms with E-state index in [0.717, 1.165) is 55.8 Å². The molecule has 0 aliphatic carbocycles. The third-order valence-corrected chi connectivity index (χ3v) is 23.4. The normalized spacial score (nSPS) is 11.4. The van der Waals surface area contributed by atoms with Gasteiger partial charge in [0, 0.05) is 66.3 Å². The van der Waals surface area contributed by atoms with Crippen molar-refractivity contribution >= 4 is 72.4 Å². The molecule has 99 heavy (non-hydrogen) atoms. The summed E-state index contributed by atoms with van der Waals surface area (Å²) in [4.78, 5) is 29.5. The second kappa shape index (κ2) is 26.3. The maximum Gasteiger partial charge on any atom is 0.179 e. The molecule has 0 saturated heterocycles. The molecular weight excluding hydrogens is 1220 g/mol. The van der Waals surface area contributed by atoms with Crippen LogP contribution in [0.3, 0.4) is 0 Å². The summed E-state index contributed by atoms with van der Waals surface area (Å²) >= 11 is 0. The first-order chi connectivity index (χ1) is 49.1. The molecule has 0 aliphatic rings. The minimum Gasteiger partial charge on any atom is -0.309 e. The Morgan fingerprint density at radius 2 is 0.424 bits per heavy atom. The molecule has 0 fully saturated rings. The Hall–Kier alpha value is -13.1. The summed E-state index contributed by atoms with van der Waals surface area (Å²) in [5, 5.41) is 10.4. The highest BCUT2D eigenvalue weighted by Crippen LogP contribution is 2.37. The van der Waals surface area contributed by atoms with Crippen LogP contribution in [0.4, 0.5) is 0 Å². The van der Waals surface area contributed by atoms with Gasteiger partial charge in [0.25, 0.3) is 0 Å². The third-order valence-electron chi connectivity index (χ3n) is 18.7. The van der Waals surface area contributed by atoms with E-state index in [1.807, 2.05) is 121 Å². The predicted molar refractivity (Wildman–Crippen MR) is 410 cm³/mol. The number of para-hydroxylation sites is 2. The highest BCUT2D eigenvalue weighted by Gasteiger charge is 2.41. The van der Waals surface area contributed by atoms with Crippen molar-refractivity contribution in [2.24, 2.45) is 0 Å². The molecule has 0 N–H and O–H groups in total. The Labute approximate surface area is 574 Å². The van der Waals surface area contributed by atoms with Gasteiger partial charge in [0.2, 0.25) is 0 Å². The average Bonchev–Trinajstić information content (AvgIpc) is 1.66. The summed E-state index contributed by atoms with van der Waals surface area (Å²) in [6.07, 6.45) is 0. The van der Waals surface area contributed by atoms with E-state index < -0.39 is 8.07 Å². The Morgan fingerprint density at radius 1 is 0.172 bits per heavy atom. The summed E-state index contributed by atoms with van der Waals surface area (Å²) in [5.74, 6) is 3.90. The molecule has 0 spiro atoms. The van der Waals surface area contributed by atoms with Gasteiger partial charge in [-0.2, -0.15) is 0 Å². The zero-order valence-electron chi connectivity index (χ0n) is 53.9. The van der Waals surface area contributed by atoms with E-state index in [1.165, 1.54) is 64.5 Å². The molecule has 18 rings (SSSR count). The molecular formula is C90H62N8Si. The number of hydrogen-bond acceptors (Lipinski definition) is 6. The summed E-state index contributed by atoms with van der Waals surface area (Å²) < 4.78 is 4.72. The van der Waals surface area contributed by atoms with Gasteiger partial charge in [-0.05, 0) is 111 Å². The van der Waals surface area contributed by atoms with Crippen LogP contribution in [0, 0.1) is 0 Å².